The molecule has 0 unspecified atom stereocenters. The summed E-state index contributed by atoms with van der Waals surface area (Å²) in [5.41, 5.74) is 2.23. The van der Waals surface area contributed by atoms with Crippen LogP contribution in [0.5, 0.6) is 11.6 Å². The minimum atomic E-state index is 0.374. The molecule has 106 valence electrons. The first-order valence-electron chi connectivity index (χ1n) is 6.67. The number of hydrogen-bond acceptors (Lipinski definition) is 3. The summed E-state index contributed by atoms with van der Waals surface area (Å²) in [5, 5.41) is 3.16. The van der Waals surface area contributed by atoms with Gasteiger partial charge in [-0.1, -0.05) is 29.8 Å². The fourth-order valence-corrected chi connectivity index (χ4v) is 2.12. The van der Waals surface area contributed by atoms with Crippen molar-refractivity contribution in [2.75, 3.05) is 7.05 Å². The summed E-state index contributed by atoms with van der Waals surface area (Å²) in [5.74, 6) is 1.81. The Morgan fingerprint density at radius 1 is 1.20 bits per heavy atom. The molecule has 1 aromatic heterocycles. The van der Waals surface area contributed by atoms with Crippen LogP contribution >= 0.6 is 15.9 Å². The SMILES string of the molecule is CNCc1cc(Oc2ccc(Br)cc2)nc(C(C)C)c1. The Labute approximate surface area is 128 Å². The zero-order valence-electron chi connectivity index (χ0n) is 12.0. The van der Waals surface area contributed by atoms with Gasteiger partial charge in [0, 0.05) is 22.8 Å². The van der Waals surface area contributed by atoms with Gasteiger partial charge in [0.2, 0.25) is 5.88 Å². The summed E-state index contributed by atoms with van der Waals surface area (Å²) in [7, 11) is 1.94. The molecule has 2 aromatic rings. The Bertz CT molecular complexity index is 567. The van der Waals surface area contributed by atoms with Gasteiger partial charge in [-0.05, 0) is 48.9 Å². The first-order chi connectivity index (χ1) is 9.58. The molecule has 3 nitrogen and oxygen atoms in total. The van der Waals surface area contributed by atoms with Crippen LogP contribution in [0, 0.1) is 0 Å². The van der Waals surface area contributed by atoms with Crippen LogP contribution < -0.4 is 10.1 Å². The van der Waals surface area contributed by atoms with Crippen molar-refractivity contribution in [3.8, 4) is 11.6 Å². The maximum atomic E-state index is 5.85. The number of rotatable bonds is 5. The van der Waals surface area contributed by atoms with Crippen LogP contribution in [0.25, 0.3) is 0 Å². The zero-order valence-corrected chi connectivity index (χ0v) is 13.6. The monoisotopic (exact) mass is 334 g/mol. The van der Waals surface area contributed by atoms with E-state index in [2.05, 4.69) is 46.1 Å². The van der Waals surface area contributed by atoms with Crippen molar-refractivity contribution in [1.29, 1.82) is 0 Å². The van der Waals surface area contributed by atoms with E-state index in [4.69, 9.17) is 4.74 Å². The van der Waals surface area contributed by atoms with Crippen molar-refractivity contribution >= 4 is 15.9 Å². The van der Waals surface area contributed by atoms with Crippen molar-refractivity contribution in [2.45, 2.75) is 26.3 Å². The van der Waals surface area contributed by atoms with E-state index < -0.39 is 0 Å². The number of hydrogen-bond donors (Lipinski definition) is 1. The van der Waals surface area contributed by atoms with E-state index in [1.54, 1.807) is 0 Å². The molecule has 0 aliphatic rings. The molecule has 20 heavy (non-hydrogen) atoms. The maximum Gasteiger partial charge on any atom is 0.219 e. The zero-order chi connectivity index (χ0) is 14.5. The number of halogens is 1. The molecule has 4 heteroatoms. The molecule has 0 spiro atoms. The van der Waals surface area contributed by atoms with Crippen molar-refractivity contribution in [3.05, 3.63) is 52.1 Å². The molecule has 1 aromatic carbocycles. The quantitative estimate of drug-likeness (QED) is 0.875. The van der Waals surface area contributed by atoms with Gasteiger partial charge < -0.3 is 10.1 Å². The molecule has 0 bridgehead atoms. The van der Waals surface area contributed by atoms with Gasteiger partial charge >= 0.3 is 0 Å². The van der Waals surface area contributed by atoms with Crippen LogP contribution in [0.15, 0.2) is 40.9 Å². The standard InChI is InChI=1S/C16H19BrN2O/c1-11(2)15-8-12(10-18-3)9-16(19-15)20-14-6-4-13(17)5-7-14/h4-9,11,18H,10H2,1-3H3. The summed E-state index contributed by atoms with van der Waals surface area (Å²) in [6.45, 7) is 5.07. The minimum absolute atomic E-state index is 0.374. The van der Waals surface area contributed by atoms with Gasteiger partial charge in [0.1, 0.15) is 5.75 Å². The predicted molar refractivity (Wildman–Crippen MR) is 85.3 cm³/mol. The molecule has 1 heterocycles. The highest BCUT2D eigenvalue weighted by molar-refractivity contribution is 9.10. The highest BCUT2D eigenvalue weighted by atomic mass is 79.9. The topological polar surface area (TPSA) is 34.1 Å². The second kappa shape index (κ2) is 6.86. The highest BCUT2D eigenvalue weighted by Crippen LogP contribution is 2.25. The highest BCUT2D eigenvalue weighted by Gasteiger charge is 2.08. The molecule has 0 atom stereocenters. The Morgan fingerprint density at radius 2 is 1.90 bits per heavy atom. The molecule has 0 fully saturated rings. The van der Waals surface area contributed by atoms with Crippen molar-refractivity contribution < 1.29 is 4.74 Å². The molecule has 0 aliphatic heterocycles. The van der Waals surface area contributed by atoms with Crippen LogP contribution in [0.1, 0.15) is 31.0 Å². The Morgan fingerprint density at radius 3 is 2.50 bits per heavy atom. The largest absolute Gasteiger partial charge is 0.439 e. The van der Waals surface area contributed by atoms with Crippen molar-refractivity contribution in [3.63, 3.8) is 0 Å². The molecule has 0 saturated heterocycles. The maximum absolute atomic E-state index is 5.85. The lowest BCUT2D eigenvalue weighted by atomic mass is 10.1. The molecule has 0 amide bonds. The fourth-order valence-electron chi connectivity index (χ4n) is 1.86. The van der Waals surface area contributed by atoms with Gasteiger partial charge in [-0.25, -0.2) is 4.98 Å². The lowest BCUT2D eigenvalue weighted by Crippen LogP contribution is -2.07. The number of ether oxygens (including phenoxy) is 1. The van der Waals surface area contributed by atoms with E-state index in [-0.39, 0.29) is 0 Å². The average molecular weight is 335 g/mol. The van der Waals surface area contributed by atoms with Gasteiger partial charge in [-0.15, -0.1) is 0 Å². The fraction of sp³-hybridized carbons (Fsp3) is 0.312. The molecule has 0 radical (unpaired) electrons. The first-order valence-corrected chi connectivity index (χ1v) is 7.46. The second-order valence-corrected chi connectivity index (χ2v) is 5.90. The van der Waals surface area contributed by atoms with E-state index >= 15 is 0 Å². The average Bonchev–Trinajstić information content (AvgIpc) is 2.41. The summed E-state index contributed by atoms with van der Waals surface area (Å²) >= 11 is 3.41. The Balaban J connectivity index is 2.27. The van der Waals surface area contributed by atoms with Crippen molar-refractivity contribution in [1.82, 2.24) is 10.3 Å². The van der Waals surface area contributed by atoms with Gasteiger partial charge in [-0.3, -0.25) is 0 Å². The summed E-state index contributed by atoms with van der Waals surface area (Å²) < 4.78 is 6.88. The molecule has 0 saturated carbocycles. The van der Waals surface area contributed by atoms with Gasteiger partial charge in [0.15, 0.2) is 0 Å². The number of nitrogens with one attached hydrogen (secondary N) is 1. The number of aromatic nitrogens is 1. The summed E-state index contributed by atoms with van der Waals surface area (Å²) in [4.78, 5) is 4.57. The summed E-state index contributed by atoms with van der Waals surface area (Å²) in [6.07, 6.45) is 0. The first kappa shape index (κ1) is 15.0. The van der Waals surface area contributed by atoms with E-state index in [0.717, 1.165) is 22.5 Å². The summed E-state index contributed by atoms with van der Waals surface area (Å²) in [6, 6.07) is 11.9. The lowest BCUT2D eigenvalue weighted by Gasteiger charge is -2.12. The second-order valence-electron chi connectivity index (χ2n) is 4.98. The third-order valence-corrected chi connectivity index (χ3v) is 3.42. The van der Waals surface area contributed by atoms with Crippen LogP contribution in [0.2, 0.25) is 0 Å². The van der Waals surface area contributed by atoms with E-state index in [9.17, 15) is 0 Å². The smallest absolute Gasteiger partial charge is 0.219 e. The molecule has 2 rings (SSSR count). The van der Waals surface area contributed by atoms with E-state index in [0.29, 0.717) is 11.8 Å². The normalized spacial score (nSPS) is 10.8. The van der Waals surface area contributed by atoms with Gasteiger partial charge in [-0.2, -0.15) is 0 Å². The van der Waals surface area contributed by atoms with Crippen LogP contribution in [0.3, 0.4) is 0 Å². The Hall–Kier alpha value is -1.39. The Kier molecular flexibility index (Phi) is 5.15. The number of pyridine rings is 1. The molecular weight excluding hydrogens is 316 g/mol. The van der Waals surface area contributed by atoms with Crippen LogP contribution in [-0.4, -0.2) is 12.0 Å². The molecule has 1 N–H and O–H groups in total. The van der Waals surface area contributed by atoms with Gasteiger partial charge in [0.25, 0.3) is 0 Å². The third-order valence-electron chi connectivity index (χ3n) is 2.89. The third kappa shape index (κ3) is 4.05. The van der Waals surface area contributed by atoms with E-state index in [1.165, 1.54) is 5.56 Å². The lowest BCUT2D eigenvalue weighted by molar-refractivity contribution is 0.458. The van der Waals surface area contributed by atoms with Crippen LogP contribution in [0.4, 0.5) is 0 Å². The molecular formula is C16H19BrN2O. The van der Waals surface area contributed by atoms with E-state index in [1.807, 2.05) is 37.4 Å². The van der Waals surface area contributed by atoms with Crippen molar-refractivity contribution in [2.24, 2.45) is 0 Å². The molecule has 0 aliphatic carbocycles. The minimum Gasteiger partial charge on any atom is -0.439 e. The number of nitrogens with zero attached hydrogens (tertiary/aromatic N) is 1. The van der Waals surface area contributed by atoms with Crippen LogP contribution in [-0.2, 0) is 6.54 Å². The van der Waals surface area contributed by atoms with Gasteiger partial charge in [0.05, 0.1) is 0 Å². The number of benzene rings is 1. The predicted octanol–water partition coefficient (Wildman–Crippen LogP) is 4.48.